The van der Waals surface area contributed by atoms with Crippen LogP contribution in [0.25, 0.3) is 0 Å². The van der Waals surface area contributed by atoms with Crippen LogP contribution in [-0.2, 0) is 24.1 Å². The third-order valence-corrected chi connectivity index (χ3v) is 5.01. The summed E-state index contributed by atoms with van der Waals surface area (Å²) < 4.78 is 39.4. The highest BCUT2D eigenvalue weighted by Gasteiger charge is 2.33. The van der Waals surface area contributed by atoms with E-state index < -0.39 is 23.7 Å². The molecule has 7 heteroatoms. The molecule has 3 aromatic rings. The molecule has 3 N–H and O–H groups in total. The molecular weight excluding hydrogens is 403 g/mol. The van der Waals surface area contributed by atoms with Crippen molar-refractivity contribution >= 4 is 17.3 Å². The molecular formula is C24H24F3N3O. The van der Waals surface area contributed by atoms with E-state index in [-0.39, 0.29) is 11.4 Å². The number of nitrogens with two attached hydrogens (primary N) is 1. The lowest BCUT2D eigenvalue weighted by atomic mass is 10.1. The van der Waals surface area contributed by atoms with Crippen molar-refractivity contribution in [2.45, 2.75) is 32.2 Å². The molecule has 0 heterocycles. The van der Waals surface area contributed by atoms with Crippen molar-refractivity contribution in [3.63, 3.8) is 0 Å². The third kappa shape index (κ3) is 6.08. The van der Waals surface area contributed by atoms with Gasteiger partial charge in [0.1, 0.15) is 0 Å². The van der Waals surface area contributed by atoms with Crippen molar-refractivity contribution in [3.8, 4) is 0 Å². The average Bonchev–Trinajstić information content (AvgIpc) is 2.75. The zero-order valence-electron chi connectivity index (χ0n) is 17.1. The van der Waals surface area contributed by atoms with Gasteiger partial charge in [-0.25, -0.2) is 0 Å². The maximum Gasteiger partial charge on any atom is 0.418 e. The average molecular weight is 427 g/mol. The number of amides is 1. The molecule has 0 aliphatic heterocycles. The topological polar surface area (TPSA) is 58.4 Å². The maximum atomic E-state index is 13.1. The van der Waals surface area contributed by atoms with Gasteiger partial charge in [0.2, 0.25) is 5.91 Å². The molecule has 0 aliphatic carbocycles. The smallest absolute Gasteiger partial charge is 0.398 e. The molecule has 0 aliphatic rings. The van der Waals surface area contributed by atoms with E-state index in [9.17, 15) is 18.0 Å². The quantitative estimate of drug-likeness (QED) is 0.502. The van der Waals surface area contributed by atoms with Crippen LogP contribution in [0.1, 0.15) is 23.6 Å². The van der Waals surface area contributed by atoms with Gasteiger partial charge < -0.3 is 11.1 Å². The normalized spacial score (nSPS) is 12.5. The second-order valence-corrected chi connectivity index (χ2v) is 7.34. The SMILES string of the molecule is CC(C(=O)Nc1ccc(N)c(C(F)(F)F)c1)N(Cc1ccccc1)Cc1ccccc1. The Kier molecular flexibility index (Phi) is 6.97. The van der Waals surface area contributed by atoms with E-state index in [1.807, 2.05) is 65.6 Å². The predicted molar refractivity (Wildman–Crippen MR) is 116 cm³/mol. The van der Waals surface area contributed by atoms with Crippen LogP contribution in [0.2, 0.25) is 0 Å². The molecule has 4 nitrogen and oxygen atoms in total. The summed E-state index contributed by atoms with van der Waals surface area (Å²) in [7, 11) is 0. The Morgan fingerprint density at radius 1 is 0.935 bits per heavy atom. The number of rotatable bonds is 7. The van der Waals surface area contributed by atoms with Crippen LogP contribution in [0, 0.1) is 0 Å². The van der Waals surface area contributed by atoms with Crippen LogP contribution in [0.3, 0.4) is 0 Å². The first-order valence-corrected chi connectivity index (χ1v) is 9.83. The summed E-state index contributed by atoms with van der Waals surface area (Å²) in [4.78, 5) is 14.9. The van der Waals surface area contributed by atoms with Gasteiger partial charge in [-0.3, -0.25) is 9.69 Å². The lowest BCUT2D eigenvalue weighted by Gasteiger charge is -2.28. The molecule has 0 saturated carbocycles. The summed E-state index contributed by atoms with van der Waals surface area (Å²) in [5.41, 5.74) is 6.21. The number of hydrogen-bond donors (Lipinski definition) is 2. The lowest BCUT2D eigenvalue weighted by Crippen LogP contribution is -2.41. The summed E-state index contributed by atoms with van der Waals surface area (Å²) in [6.07, 6.45) is -4.59. The van der Waals surface area contributed by atoms with Gasteiger partial charge in [0.25, 0.3) is 0 Å². The Balaban J connectivity index is 1.79. The number of nitrogens with zero attached hydrogens (tertiary/aromatic N) is 1. The minimum absolute atomic E-state index is 0.0535. The predicted octanol–water partition coefficient (Wildman–Crippen LogP) is 5.32. The van der Waals surface area contributed by atoms with Gasteiger partial charge in [0.05, 0.1) is 11.6 Å². The van der Waals surface area contributed by atoms with Crippen molar-refractivity contribution in [2.75, 3.05) is 11.1 Å². The Hall–Kier alpha value is -3.32. The standard InChI is InChI=1S/C24H24F3N3O/c1-17(23(31)29-20-12-13-22(28)21(14-20)24(25,26)27)30(15-18-8-4-2-5-9-18)16-19-10-6-3-7-11-19/h2-14,17H,15-16,28H2,1H3,(H,29,31). The molecule has 0 aromatic heterocycles. The zero-order valence-corrected chi connectivity index (χ0v) is 17.1. The van der Waals surface area contributed by atoms with Crippen molar-refractivity contribution in [2.24, 2.45) is 0 Å². The molecule has 0 saturated heterocycles. The molecule has 3 rings (SSSR count). The van der Waals surface area contributed by atoms with Gasteiger partial charge in [-0.15, -0.1) is 0 Å². The molecule has 1 atom stereocenters. The lowest BCUT2D eigenvalue weighted by molar-refractivity contribution is -0.137. The van der Waals surface area contributed by atoms with Crippen molar-refractivity contribution in [1.29, 1.82) is 0 Å². The minimum Gasteiger partial charge on any atom is -0.398 e. The minimum atomic E-state index is -4.59. The van der Waals surface area contributed by atoms with E-state index in [4.69, 9.17) is 5.73 Å². The van der Waals surface area contributed by atoms with Gasteiger partial charge >= 0.3 is 6.18 Å². The molecule has 1 amide bonds. The van der Waals surface area contributed by atoms with E-state index in [0.29, 0.717) is 13.1 Å². The number of benzene rings is 3. The largest absolute Gasteiger partial charge is 0.418 e. The highest BCUT2D eigenvalue weighted by molar-refractivity contribution is 5.94. The molecule has 1 unspecified atom stereocenters. The number of nitrogen functional groups attached to an aromatic ring is 1. The van der Waals surface area contributed by atoms with Crippen LogP contribution < -0.4 is 11.1 Å². The first kappa shape index (κ1) is 22.4. The molecule has 0 radical (unpaired) electrons. The molecule has 0 bridgehead atoms. The van der Waals surface area contributed by atoms with Gasteiger partial charge in [-0.1, -0.05) is 60.7 Å². The van der Waals surface area contributed by atoms with E-state index >= 15 is 0 Å². The van der Waals surface area contributed by atoms with E-state index in [1.54, 1.807) is 6.92 Å². The fourth-order valence-corrected chi connectivity index (χ4v) is 3.26. The van der Waals surface area contributed by atoms with Crippen molar-refractivity contribution in [3.05, 3.63) is 95.6 Å². The molecule has 0 fully saturated rings. The summed E-state index contributed by atoms with van der Waals surface area (Å²) in [5.74, 6) is -0.398. The zero-order chi connectivity index (χ0) is 22.4. The molecule has 0 spiro atoms. The van der Waals surface area contributed by atoms with Crippen LogP contribution in [-0.4, -0.2) is 16.8 Å². The summed E-state index contributed by atoms with van der Waals surface area (Å²) >= 11 is 0. The Bertz CT molecular complexity index is 966. The van der Waals surface area contributed by atoms with Crippen LogP contribution in [0.4, 0.5) is 24.5 Å². The first-order valence-electron chi connectivity index (χ1n) is 9.83. The second-order valence-electron chi connectivity index (χ2n) is 7.34. The van der Waals surface area contributed by atoms with E-state index in [2.05, 4.69) is 5.32 Å². The first-order chi connectivity index (χ1) is 14.7. The van der Waals surface area contributed by atoms with E-state index in [1.165, 1.54) is 6.07 Å². The summed E-state index contributed by atoms with van der Waals surface area (Å²) in [6.45, 7) is 2.77. The van der Waals surface area contributed by atoms with E-state index in [0.717, 1.165) is 23.3 Å². The van der Waals surface area contributed by atoms with Gasteiger partial charge in [0, 0.05) is 24.5 Å². The van der Waals surface area contributed by atoms with Gasteiger partial charge in [-0.05, 0) is 36.2 Å². The third-order valence-electron chi connectivity index (χ3n) is 5.01. The van der Waals surface area contributed by atoms with Crippen molar-refractivity contribution in [1.82, 2.24) is 4.90 Å². The van der Waals surface area contributed by atoms with Crippen molar-refractivity contribution < 1.29 is 18.0 Å². The fraction of sp³-hybridized carbons (Fsp3) is 0.208. The highest BCUT2D eigenvalue weighted by atomic mass is 19.4. The molecule has 31 heavy (non-hydrogen) atoms. The molecule has 3 aromatic carbocycles. The summed E-state index contributed by atoms with van der Waals surface area (Å²) in [6, 6.07) is 22.2. The van der Waals surface area contributed by atoms with Crippen LogP contribution in [0.15, 0.2) is 78.9 Å². The summed E-state index contributed by atoms with van der Waals surface area (Å²) in [5, 5.41) is 2.60. The number of nitrogens with one attached hydrogen (secondary N) is 1. The second kappa shape index (κ2) is 9.66. The number of anilines is 2. The molecule has 162 valence electrons. The number of carbonyl (C=O) groups is 1. The number of hydrogen-bond acceptors (Lipinski definition) is 3. The highest BCUT2D eigenvalue weighted by Crippen LogP contribution is 2.35. The number of alkyl halides is 3. The van der Waals surface area contributed by atoms with Gasteiger partial charge in [-0.2, -0.15) is 13.2 Å². The van der Waals surface area contributed by atoms with Crippen LogP contribution in [0.5, 0.6) is 0 Å². The maximum absolute atomic E-state index is 13.1. The fourth-order valence-electron chi connectivity index (χ4n) is 3.26. The van der Waals surface area contributed by atoms with Crippen LogP contribution >= 0.6 is 0 Å². The Labute approximate surface area is 179 Å². The van der Waals surface area contributed by atoms with Gasteiger partial charge in [0.15, 0.2) is 0 Å². The Morgan fingerprint density at radius 2 is 1.45 bits per heavy atom. The number of carbonyl (C=O) groups excluding carboxylic acids is 1. The Morgan fingerprint density at radius 3 is 1.94 bits per heavy atom. The number of halogens is 3. The monoisotopic (exact) mass is 427 g/mol.